The number of nitrogens with zero attached hydrogens (tertiary/aromatic N) is 3. The lowest BCUT2D eigenvalue weighted by atomic mass is 10.2. The Morgan fingerprint density at radius 3 is 2.32 bits per heavy atom. The SMILES string of the molecule is CC(C)(C)OC(=O)N1CCCC1C(=O)NCC(=O)N1CCN(c2ccc(Cl)cc2)CC1. The fourth-order valence-corrected chi connectivity index (χ4v) is 3.96. The minimum Gasteiger partial charge on any atom is -0.444 e. The Balaban J connectivity index is 1.45. The van der Waals surface area contributed by atoms with Gasteiger partial charge in [0.2, 0.25) is 11.8 Å². The van der Waals surface area contributed by atoms with Gasteiger partial charge in [0.15, 0.2) is 0 Å². The van der Waals surface area contributed by atoms with E-state index in [9.17, 15) is 14.4 Å². The molecule has 0 saturated carbocycles. The number of carbonyl (C=O) groups is 3. The molecule has 2 aliphatic rings. The summed E-state index contributed by atoms with van der Waals surface area (Å²) in [7, 11) is 0. The highest BCUT2D eigenvalue weighted by Crippen LogP contribution is 2.21. The van der Waals surface area contributed by atoms with Gasteiger partial charge in [-0.1, -0.05) is 11.6 Å². The molecule has 0 aromatic heterocycles. The van der Waals surface area contributed by atoms with E-state index in [0.717, 1.165) is 25.2 Å². The molecule has 8 nitrogen and oxygen atoms in total. The summed E-state index contributed by atoms with van der Waals surface area (Å²) in [5.41, 5.74) is 0.457. The first-order valence-corrected chi connectivity index (χ1v) is 11.1. The van der Waals surface area contributed by atoms with Gasteiger partial charge in [0.1, 0.15) is 11.6 Å². The van der Waals surface area contributed by atoms with E-state index >= 15 is 0 Å². The van der Waals surface area contributed by atoms with E-state index in [2.05, 4.69) is 10.2 Å². The molecular weight excluding hydrogens is 420 g/mol. The van der Waals surface area contributed by atoms with Crippen molar-refractivity contribution in [3.63, 3.8) is 0 Å². The molecule has 0 bridgehead atoms. The van der Waals surface area contributed by atoms with Crippen LogP contribution in [0.5, 0.6) is 0 Å². The fourth-order valence-electron chi connectivity index (χ4n) is 3.84. The van der Waals surface area contributed by atoms with E-state index in [4.69, 9.17) is 16.3 Å². The van der Waals surface area contributed by atoms with Crippen LogP contribution < -0.4 is 10.2 Å². The number of piperazine rings is 1. The van der Waals surface area contributed by atoms with E-state index in [1.54, 1.807) is 25.7 Å². The molecule has 1 aromatic carbocycles. The maximum Gasteiger partial charge on any atom is 0.410 e. The van der Waals surface area contributed by atoms with Gasteiger partial charge in [0, 0.05) is 43.4 Å². The quantitative estimate of drug-likeness (QED) is 0.762. The maximum atomic E-state index is 12.6. The van der Waals surface area contributed by atoms with E-state index < -0.39 is 17.7 Å². The molecule has 0 radical (unpaired) electrons. The first-order chi connectivity index (χ1) is 14.6. The van der Waals surface area contributed by atoms with Crippen LogP contribution in [0.2, 0.25) is 5.02 Å². The number of likely N-dealkylation sites (tertiary alicyclic amines) is 1. The minimum atomic E-state index is -0.620. The molecule has 1 unspecified atom stereocenters. The first-order valence-electron chi connectivity index (χ1n) is 10.7. The molecule has 31 heavy (non-hydrogen) atoms. The molecular formula is C22H31ClN4O4. The summed E-state index contributed by atoms with van der Waals surface area (Å²) in [6.07, 6.45) is 0.812. The largest absolute Gasteiger partial charge is 0.444 e. The van der Waals surface area contributed by atoms with Crippen LogP contribution in [0.25, 0.3) is 0 Å². The molecule has 3 amide bonds. The predicted octanol–water partition coefficient (Wildman–Crippen LogP) is 2.50. The molecule has 1 aromatic rings. The van der Waals surface area contributed by atoms with Crippen molar-refractivity contribution in [3.05, 3.63) is 29.3 Å². The third-order valence-corrected chi connectivity index (χ3v) is 5.67. The molecule has 2 saturated heterocycles. The second kappa shape index (κ2) is 9.77. The van der Waals surface area contributed by atoms with Gasteiger partial charge in [-0.25, -0.2) is 4.79 Å². The molecule has 1 N–H and O–H groups in total. The third-order valence-electron chi connectivity index (χ3n) is 5.42. The molecule has 9 heteroatoms. The molecule has 1 atom stereocenters. The summed E-state index contributed by atoms with van der Waals surface area (Å²) >= 11 is 5.94. The molecule has 3 rings (SSSR count). The van der Waals surface area contributed by atoms with Crippen molar-refractivity contribution in [2.24, 2.45) is 0 Å². The number of carbonyl (C=O) groups excluding carboxylic acids is 3. The van der Waals surface area contributed by atoms with Gasteiger partial charge in [-0.15, -0.1) is 0 Å². The van der Waals surface area contributed by atoms with Crippen LogP contribution in [0.1, 0.15) is 33.6 Å². The highest BCUT2D eigenvalue weighted by Gasteiger charge is 2.36. The van der Waals surface area contributed by atoms with E-state index in [-0.39, 0.29) is 18.4 Å². The first kappa shape index (κ1) is 23.2. The average Bonchev–Trinajstić information content (AvgIpc) is 3.21. The van der Waals surface area contributed by atoms with Crippen molar-refractivity contribution in [1.29, 1.82) is 0 Å². The van der Waals surface area contributed by atoms with Gasteiger partial charge >= 0.3 is 6.09 Å². The smallest absolute Gasteiger partial charge is 0.410 e. The third kappa shape index (κ3) is 6.26. The van der Waals surface area contributed by atoms with E-state index in [0.29, 0.717) is 31.1 Å². The Hall–Kier alpha value is -2.48. The Kier molecular flexibility index (Phi) is 7.30. The summed E-state index contributed by atoms with van der Waals surface area (Å²) in [6, 6.07) is 7.06. The number of rotatable bonds is 4. The molecule has 2 aliphatic heterocycles. The molecule has 2 heterocycles. The van der Waals surface area contributed by atoms with Gasteiger partial charge in [-0.3, -0.25) is 14.5 Å². The van der Waals surface area contributed by atoms with E-state index in [1.807, 2.05) is 24.3 Å². The van der Waals surface area contributed by atoms with E-state index in [1.165, 1.54) is 4.90 Å². The van der Waals surface area contributed by atoms with Crippen LogP contribution in [0.4, 0.5) is 10.5 Å². The molecule has 2 fully saturated rings. The summed E-state index contributed by atoms with van der Waals surface area (Å²) in [5.74, 6) is -0.428. The number of halogens is 1. The van der Waals surface area contributed by atoms with Crippen LogP contribution in [0.3, 0.4) is 0 Å². The zero-order valence-corrected chi connectivity index (χ0v) is 19.2. The summed E-state index contributed by atoms with van der Waals surface area (Å²) in [5, 5.41) is 3.41. The van der Waals surface area contributed by atoms with Crippen molar-refractivity contribution >= 4 is 35.2 Å². The monoisotopic (exact) mass is 450 g/mol. The number of benzene rings is 1. The summed E-state index contributed by atoms with van der Waals surface area (Å²) < 4.78 is 5.40. The Bertz CT molecular complexity index is 801. The molecule has 0 aliphatic carbocycles. The van der Waals surface area contributed by atoms with Crippen molar-refractivity contribution in [3.8, 4) is 0 Å². The Morgan fingerprint density at radius 2 is 1.71 bits per heavy atom. The van der Waals surface area contributed by atoms with Gasteiger partial charge in [-0.05, 0) is 57.9 Å². The zero-order valence-electron chi connectivity index (χ0n) is 18.4. The lowest BCUT2D eigenvalue weighted by Crippen LogP contribution is -2.53. The minimum absolute atomic E-state index is 0.0710. The van der Waals surface area contributed by atoms with Crippen LogP contribution in [0.15, 0.2) is 24.3 Å². The normalized spacial score (nSPS) is 19.4. The highest BCUT2D eigenvalue weighted by molar-refractivity contribution is 6.30. The number of anilines is 1. The van der Waals surface area contributed by atoms with Crippen LogP contribution in [-0.4, -0.2) is 78.6 Å². The average molecular weight is 451 g/mol. The van der Waals surface area contributed by atoms with Gasteiger partial charge in [0.25, 0.3) is 0 Å². The summed E-state index contributed by atoms with van der Waals surface area (Å²) in [6.45, 7) is 8.40. The molecule has 170 valence electrons. The topological polar surface area (TPSA) is 82.2 Å². The zero-order chi connectivity index (χ0) is 22.6. The predicted molar refractivity (Wildman–Crippen MR) is 119 cm³/mol. The number of nitrogens with one attached hydrogen (secondary N) is 1. The van der Waals surface area contributed by atoms with Gasteiger partial charge in [0.05, 0.1) is 6.54 Å². The van der Waals surface area contributed by atoms with Crippen LogP contribution in [-0.2, 0) is 14.3 Å². The fraction of sp³-hybridized carbons (Fsp3) is 0.591. The highest BCUT2D eigenvalue weighted by atomic mass is 35.5. The number of hydrogen-bond acceptors (Lipinski definition) is 5. The Labute approximate surface area is 188 Å². The van der Waals surface area contributed by atoms with Crippen molar-refractivity contribution in [1.82, 2.24) is 15.1 Å². The number of hydrogen-bond donors (Lipinski definition) is 1. The van der Waals surface area contributed by atoms with Gasteiger partial charge in [-0.2, -0.15) is 0 Å². The van der Waals surface area contributed by atoms with Crippen LogP contribution >= 0.6 is 11.6 Å². The van der Waals surface area contributed by atoms with Gasteiger partial charge < -0.3 is 19.9 Å². The second-order valence-corrected chi connectivity index (χ2v) is 9.33. The summed E-state index contributed by atoms with van der Waals surface area (Å²) in [4.78, 5) is 43.0. The van der Waals surface area contributed by atoms with Crippen molar-refractivity contribution < 1.29 is 19.1 Å². The van der Waals surface area contributed by atoms with Crippen molar-refractivity contribution in [2.75, 3.05) is 44.2 Å². The maximum absolute atomic E-state index is 12.6. The van der Waals surface area contributed by atoms with Crippen LogP contribution in [0, 0.1) is 0 Å². The number of amides is 3. The standard InChI is InChI=1S/C22H31ClN4O4/c1-22(2,3)31-21(30)27-10-4-5-18(27)20(29)24-15-19(28)26-13-11-25(12-14-26)17-8-6-16(23)7-9-17/h6-9,18H,4-5,10-15H2,1-3H3,(H,24,29). The Morgan fingerprint density at radius 1 is 1.06 bits per heavy atom. The second-order valence-electron chi connectivity index (χ2n) is 8.89. The lowest BCUT2D eigenvalue weighted by Gasteiger charge is -2.36. The lowest BCUT2D eigenvalue weighted by molar-refractivity contribution is -0.134. The molecule has 0 spiro atoms. The number of ether oxygens (including phenoxy) is 1. The van der Waals surface area contributed by atoms with Crippen molar-refractivity contribution in [2.45, 2.75) is 45.3 Å².